The van der Waals surface area contributed by atoms with Crippen LogP contribution in [-0.4, -0.2) is 26.2 Å². The van der Waals surface area contributed by atoms with Crippen molar-refractivity contribution >= 4 is 11.9 Å². The zero-order valence-corrected chi connectivity index (χ0v) is 11.2. The van der Waals surface area contributed by atoms with E-state index < -0.39 is 17.9 Å². The van der Waals surface area contributed by atoms with Crippen LogP contribution in [0.5, 0.6) is 0 Å². The molecule has 0 N–H and O–H groups in total. The quantitative estimate of drug-likeness (QED) is 0.314. The van der Waals surface area contributed by atoms with Crippen LogP contribution in [0.25, 0.3) is 0 Å². The minimum absolute atomic E-state index is 0.238. The van der Waals surface area contributed by atoms with Gasteiger partial charge in [-0.25, -0.2) is 0 Å². The van der Waals surface area contributed by atoms with Crippen LogP contribution in [0.15, 0.2) is 12.2 Å². The molecule has 0 bridgehead atoms. The summed E-state index contributed by atoms with van der Waals surface area (Å²) < 4.78 is 9.07. The van der Waals surface area contributed by atoms with Crippen LogP contribution in [0, 0.1) is 17.8 Å². The fourth-order valence-electron chi connectivity index (χ4n) is 1.23. The molecule has 0 atom stereocenters. The van der Waals surface area contributed by atoms with Crippen molar-refractivity contribution in [1.82, 2.24) is 0 Å². The summed E-state index contributed by atoms with van der Waals surface area (Å²) in [6, 6.07) is 0. The number of hydrogen-bond acceptors (Lipinski definition) is 4. The summed E-state index contributed by atoms with van der Waals surface area (Å²) in [6.07, 6.45) is 6.62. The molecule has 100 valence electrons. The van der Waals surface area contributed by atoms with Gasteiger partial charge < -0.3 is 9.47 Å². The second-order valence-corrected chi connectivity index (χ2v) is 3.66. The first-order chi connectivity index (χ1) is 8.67. The van der Waals surface area contributed by atoms with Gasteiger partial charge in [0.1, 0.15) is 0 Å². The van der Waals surface area contributed by atoms with E-state index in [9.17, 15) is 9.59 Å². The standard InChI is InChI=1S/C14H20O4/c1-4-5-6-7-8-9-10-11-12(13(15)17-2)14(16)18-3/h9-10,12H,4-6,11H2,1-3H3/b10-9+. The van der Waals surface area contributed by atoms with Crippen molar-refractivity contribution in [3.8, 4) is 11.8 Å². The number of carbonyl (C=O) groups is 2. The normalized spacial score (nSPS) is 10.0. The molecule has 0 amide bonds. The molecular weight excluding hydrogens is 232 g/mol. The number of allylic oxidation sites excluding steroid dienone is 2. The van der Waals surface area contributed by atoms with Crippen LogP contribution in [0.4, 0.5) is 0 Å². The maximum absolute atomic E-state index is 11.3. The van der Waals surface area contributed by atoms with Crippen LogP contribution < -0.4 is 0 Å². The lowest BCUT2D eigenvalue weighted by molar-refractivity contribution is -0.158. The highest BCUT2D eigenvalue weighted by molar-refractivity contribution is 5.94. The smallest absolute Gasteiger partial charge is 0.320 e. The molecule has 0 fully saturated rings. The number of carbonyl (C=O) groups excluding carboxylic acids is 2. The molecule has 0 aromatic heterocycles. The van der Waals surface area contributed by atoms with Gasteiger partial charge in [0.05, 0.1) is 14.2 Å². The molecule has 0 rings (SSSR count). The van der Waals surface area contributed by atoms with Crippen molar-refractivity contribution in [3.63, 3.8) is 0 Å². The lowest BCUT2D eigenvalue weighted by Gasteiger charge is -2.09. The Morgan fingerprint density at radius 3 is 2.33 bits per heavy atom. The maximum Gasteiger partial charge on any atom is 0.320 e. The number of ether oxygens (including phenoxy) is 2. The lowest BCUT2D eigenvalue weighted by atomic mass is 10.1. The van der Waals surface area contributed by atoms with Crippen molar-refractivity contribution in [2.45, 2.75) is 32.6 Å². The summed E-state index contributed by atoms with van der Waals surface area (Å²) in [6.45, 7) is 2.11. The summed E-state index contributed by atoms with van der Waals surface area (Å²) in [5.74, 6) is 3.74. The van der Waals surface area contributed by atoms with E-state index in [1.807, 2.05) is 0 Å². The Morgan fingerprint density at radius 1 is 1.22 bits per heavy atom. The van der Waals surface area contributed by atoms with Crippen molar-refractivity contribution in [1.29, 1.82) is 0 Å². The first-order valence-corrected chi connectivity index (χ1v) is 5.96. The molecular formula is C14H20O4. The van der Waals surface area contributed by atoms with Crippen molar-refractivity contribution < 1.29 is 19.1 Å². The molecule has 4 heteroatoms. The Balaban J connectivity index is 4.25. The van der Waals surface area contributed by atoms with E-state index in [0.29, 0.717) is 0 Å². The second kappa shape index (κ2) is 10.4. The first kappa shape index (κ1) is 16.2. The third-order valence-electron chi connectivity index (χ3n) is 2.30. The van der Waals surface area contributed by atoms with E-state index in [1.54, 1.807) is 12.2 Å². The Kier molecular flexibility index (Phi) is 9.38. The molecule has 0 unspecified atom stereocenters. The summed E-state index contributed by atoms with van der Waals surface area (Å²) >= 11 is 0. The topological polar surface area (TPSA) is 52.6 Å². The van der Waals surface area contributed by atoms with Gasteiger partial charge in [0.2, 0.25) is 0 Å². The van der Waals surface area contributed by atoms with E-state index >= 15 is 0 Å². The van der Waals surface area contributed by atoms with Gasteiger partial charge in [-0.3, -0.25) is 9.59 Å². The summed E-state index contributed by atoms with van der Waals surface area (Å²) in [4.78, 5) is 22.6. The van der Waals surface area contributed by atoms with Crippen LogP contribution >= 0.6 is 0 Å². The number of unbranched alkanes of at least 4 members (excludes halogenated alkanes) is 2. The largest absolute Gasteiger partial charge is 0.468 e. The Labute approximate surface area is 108 Å². The van der Waals surface area contributed by atoms with Gasteiger partial charge in [-0.05, 0) is 18.9 Å². The van der Waals surface area contributed by atoms with Gasteiger partial charge in [0.15, 0.2) is 5.92 Å². The third-order valence-corrected chi connectivity index (χ3v) is 2.30. The number of hydrogen-bond donors (Lipinski definition) is 0. The lowest BCUT2D eigenvalue weighted by Crippen LogP contribution is -2.25. The minimum Gasteiger partial charge on any atom is -0.468 e. The predicted molar refractivity (Wildman–Crippen MR) is 68.6 cm³/mol. The Hall–Kier alpha value is -1.76. The Morgan fingerprint density at radius 2 is 1.83 bits per heavy atom. The van der Waals surface area contributed by atoms with Gasteiger partial charge in [0.25, 0.3) is 0 Å². The molecule has 0 aliphatic heterocycles. The van der Waals surface area contributed by atoms with Gasteiger partial charge in [-0.2, -0.15) is 0 Å². The SMILES string of the molecule is CCCCC#C/C=C/CC(C(=O)OC)C(=O)OC. The van der Waals surface area contributed by atoms with E-state index in [-0.39, 0.29) is 6.42 Å². The van der Waals surface area contributed by atoms with Crippen LogP contribution in [-0.2, 0) is 19.1 Å². The summed E-state index contributed by atoms with van der Waals surface area (Å²) in [7, 11) is 2.49. The third kappa shape index (κ3) is 6.74. The van der Waals surface area contributed by atoms with Crippen molar-refractivity contribution in [3.05, 3.63) is 12.2 Å². The highest BCUT2D eigenvalue weighted by Gasteiger charge is 2.26. The fraction of sp³-hybridized carbons (Fsp3) is 0.571. The molecule has 18 heavy (non-hydrogen) atoms. The van der Waals surface area contributed by atoms with Crippen molar-refractivity contribution in [2.75, 3.05) is 14.2 Å². The Bertz CT molecular complexity index is 331. The molecule has 0 aliphatic carbocycles. The molecule has 0 saturated heterocycles. The highest BCUT2D eigenvalue weighted by Crippen LogP contribution is 2.08. The maximum atomic E-state index is 11.3. The van der Waals surface area contributed by atoms with Gasteiger partial charge in [-0.1, -0.05) is 31.3 Å². The monoisotopic (exact) mass is 252 g/mol. The number of esters is 2. The van der Waals surface area contributed by atoms with E-state index in [1.165, 1.54) is 14.2 Å². The molecule has 0 spiro atoms. The van der Waals surface area contributed by atoms with E-state index in [4.69, 9.17) is 0 Å². The highest BCUT2D eigenvalue weighted by atomic mass is 16.5. The van der Waals surface area contributed by atoms with Gasteiger partial charge >= 0.3 is 11.9 Å². The molecule has 0 aromatic rings. The molecule has 4 nitrogen and oxygen atoms in total. The molecule has 0 heterocycles. The molecule has 0 saturated carbocycles. The summed E-state index contributed by atoms with van der Waals surface area (Å²) in [5, 5.41) is 0. The zero-order chi connectivity index (χ0) is 13.8. The second-order valence-electron chi connectivity index (χ2n) is 3.66. The summed E-state index contributed by atoms with van der Waals surface area (Å²) in [5.41, 5.74) is 0. The van der Waals surface area contributed by atoms with Crippen LogP contribution in [0.1, 0.15) is 32.6 Å². The van der Waals surface area contributed by atoms with Gasteiger partial charge in [0, 0.05) is 6.42 Å². The average Bonchev–Trinajstić information content (AvgIpc) is 2.40. The number of rotatable bonds is 6. The first-order valence-electron chi connectivity index (χ1n) is 5.96. The van der Waals surface area contributed by atoms with Crippen LogP contribution in [0.3, 0.4) is 0 Å². The molecule has 0 radical (unpaired) electrons. The van der Waals surface area contributed by atoms with Crippen molar-refractivity contribution in [2.24, 2.45) is 5.92 Å². The average molecular weight is 252 g/mol. The number of methoxy groups -OCH3 is 2. The van der Waals surface area contributed by atoms with Crippen LogP contribution in [0.2, 0.25) is 0 Å². The molecule has 0 aromatic carbocycles. The van der Waals surface area contributed by atoms with Gasteiger partial charge in [-0.15, -0.1) is 0 Å². The van der Waals surface area contributed by atoms with E-state index in [0.717, 1.165) is 19.3 Å². The molecule has 0 aliphatic rings. The minimum atomic E-state index is -0.909. The zero-order valence-electron chi connectivity index (χ0n) is 11.2. The predicted octanol–water partition coefficient (Wildman–Crippen LogP) is 2.09. The van der Waals surface area contributed by atoms with E-state index in [2.05, 4.69) is 28.2 Å². The fourth-order valence-corrected chi connectivity index (χ4v) is 1.23.